The molecule has 1 N–H and O–H groups in total. The van der Waals surface area contributed by atoms with Gasteiger partial charge in [-0.25, -0.2) is 14.5 Å². The molecule has 4 rings (SSSR count). The van der Waals surface area contributed by atoms with Gasteiger partial charge in [0.1, 0.15) is 17.1 Å². The number of anilines is 1. The predicted molar refractivity (Wildman–Crippen MR) is 133 cm³/mol. The van der Waals surface area contributed by atoms with Crippen LogP contribution in [0.5, 0.6) is 23.0 Å². The first kappa shape index (κ1) is 25.0. The van der Waals surface area contributed by atoms with Crippen LogP contribution in [0.25, 0.3) is 6.08 Å². The molecule has 4 amide bonds. The first-order valence-corrected chi connectivity index (χ1v) is 10.9. The monoisotopic (exact) mass is 502 g/mol. The number of ether oxygens (including phenoxy) is 4. The standard InChI is InChI=1S/C27H22N2O8/c1-34-18-11-9-17(10-12-18)26(32)37-22-13-8-16(15-23(22)36-3)14-19-24(30)28-27(33)29(25(19)31)20-6-4-5-7-21(20)35-2/h4-15H,1-3H3,(H,28,30,33)/b19-14+. The van der Waals surface area contributed by atoms with E-state index in [1.807, 2.05) is 0 Å². The highest BCUT2D eigenvalue weighted by Gasteiger charge is 2.38. The zero-order chi connectivity index (χ0) is 26.5. The molecule has 3 aromatic rings. The molecule has 10 nitrogen and oxygen atoms in total. The number of nitrogens with zero attached hydrogens (tertiary/aromatic N) is 1. The normalized spacial score (nSPS) is 14.3. The van der Waals surface area contributed by atoms with Crippen LogP contribution in [0.15, 0.2) is 72.3 Å². The molecule has 0 aromatic heterocycles. The molecule has 0 radical (unpaired) electrons. The van der Waals surface area contributed by atoms with Gasteiger partial charge in [0.15, 0.2) is 11.5 Å². The van der Waals surface area contributed by atoms with E-state index in [1.165, 1.54) is 51.7 Å². The number of benzene rings is 3. The molecule has 1 fully saturated rings. The molecule has 0 bridgehead atoms. The van der Waals surface area contributed by atoms with Crippen LogP contribution in [-0.4, -0.2) is 45.1 Å². The second kappa shape index (κ2) is 10.6. The Labute approximate surface area is 212 Å². The van der Waals surface area contributed by atoms with Gasteiger partial charge in [-0.15, -0.1) is 0 Å². The van der Waals surface area contributed by atoms with Crippen LogP contribution in [0.1, 0.15) is 15.9 Å². The van der Waals surface area contributed by atoms with E-state index in [1.54, 1.807) is 42.5 Å². The van der Waals surface area contributed by atoms with Gasteiger partial charge in [0.25, 0.3) is 11.8 Å². The summed E-state index contributed by atoms with van der Waals surface area (Å²) in [6.07, 6.45) is 1.31. The lowest BCUT2D eigenvalue weighted by Gasteiger charge is -2.27. The number of carbonyl (C=O) groups excluding carboxylic acids is 4. The van der Waals surface area contributed by atoms with Gasteiger partial charge >= 0.3 is 12.0 Å². The summed E-state index contributed by atoms with van der Waals surface area (Å²) in [7, 11) is 4.31. The number of barbiturate groups is 1. The Hall–Kier alpha value is -5.12. The Bertz CT molecular complexity index is 1410. The lowest BCUT2D eigenvalue weighted by Crippen LogP contribution is -2.54. The van der Waals surface area contributed by atoms with Crippen LogP contribution in [0.2, 0.25) is 0 Å². The number of methoxy groups -OCH3 is 3. The fourth-order valence-corrected chi connectivity index (χ4v) is 3.60. The Morgan fingerprint density at radius 3 is 2.19 bits per heavy atom. The van der Waals surface area contributed by atoms with Gasteiger partial charge in [-0.05, 0) is 60.2 Å². The number of amides is 4. The highest BCUT2D eigenvalue weighted by Crippen LogP contribution is 2.32. The van der Waals surface area contributed by atoms with Crippen LogP contribution in [0.3, 0.4) is 0 Å². The summed E-state index contributed by atoms with van der Waals surface area (Å²) in [6.45, 7) is 0. The van der Waals surface area contributed by atoms with Crippen molar-refractivity contribution in [2.24, 2.45) is 0 Å². The SMILES string of the molecule is COc1ccc(C(=O)Oc2ccc(/C=C3\C(=O)NC(=O)N(c4ccccc4OC)C3=O)cc2OC)cc1. The largest absolute Gasteiger partial charge is 0.497 e. The van der Waals surface area contributed by atoms with Crippen molar-refractivity contribution in [1.82, 2.24) is 5.32 Å². The lowest BCUT2D eigenvalue weighted by atomic mass is 10.1. The molecule has 1 heterocycles. The van der Waals surface area contributed by atoms with E-state index < -0.39 is 23.8 Å². The van der Waals surface area contributed by atoms with Crippen molar-refractivity contribution in [3.05, 3.63) is 83.4 Å². The molecule has 10 heteroatoms. The molecule has 37 heavy (non-hydrogen) atoms. The number of urea groups is 1. The molecular formula is C27H22N2O8. The summed E-state index contributed by atoms with van der Waals surface area (Å²) in [5.74, 6) is -1.08. The Morgan fingerprint density at radius 1 is 0.811 bits per heavy atom. The van der Waals surface area contributed by atoms with Crippen LogP contribution in [0.4, 0.5) is 10.5 Å². The molecular weight excluding hydrogens is 480 g/mol. The molecule has 1 aliphatic rings. The zero-order valence-corrected chi connectivity index (χ0v) is 20.1. The number of nitrogens with one attached hydrogen (secondary N) is 1. The second-order valence-corrected chi connectivity index (χ2v) is 7.66. The number of hydrogen-bond donors (Lipinski definition) is 1. The molecule has 0 aliphatic carbocycles. The molecule has 3 aromatic carbocycles. The summed E-state index contributed by atoms with van der Waals surface area (Å²) >= 11 is 0. The van der Waals surface area contributed by atoms with Crippen molar-refractivity contribution in [3.63, 3.8) is 0 Å². The van der Waals surface area contributed by atoms with Gasteiger partial charge < -0.3 is 18.9 Å². The van der Waals surface area contributed by atoms with E-state index in [2.05, 4.69) is 5.32 Å². The van der Waals surface area contributed by atoms with Gasteiger partial charge in [0.2, 0.25) is 0 Å². The molecule has 0 atom stereocenters. The molecule has 1 saturated heterocycles. The number of para-hydroxylation sites is 2. The molecule has 1 aliphatic heterocycles. The zero-order valence-electron chi connectivity index (χ0n) is 20.1. The van der Waals surface area contributed by atoms with Crippen LogP contribution in [0, 0.1) is 0 Å². The van der Waals surface area contributed by atoms with Gasteiger partial charge in [0.05, 0.1) is 32.6 Å². The Kier molecular flexibility index (Phi) is 7.19. The quantitative estimate of drug-likeness (QED) is 0.225. The maximum absolute atomic E-state index is 13.2. The first-order chi connectivity index (χ1) is 17.9. The van der Waals surface area contributed by atoms with E-state index in [0.29, 0.717) is 16.9 Å². The predicted octanol–water partition coefficient (Wildman–Crippen LogP) is 3.60. The number of hydrogen-bond acceptors (Lipinski definition) is 8. The highest BCUT2D eigenvalue weighted by molar-refractivity contribution is 6.39. The Morgan fingerprint density at radius 2 is 1.51 bits per heavy atom. The van der Waals surface area contributed by atoms with Gasteiger partial charge in [-0.1, -0.05) is 18.2 Å². The van der Waals surface area contributed by atoms with Gasteiger partial charge in [-0.2, -0.15) is 0 Å². The third-order valence-corrected chi connectivity index (χ3v) is 5.45. The topological polar surface area (TPSA) is 120 Å². The fraction of sp³-hybridized carbons (Fsp3) is 0.111. The first-order valence-electron chi connectivity index (χ1n) is 10.9. The minimum absolute atomic E-state index is 0.135. The average Bonchev–Trinajstić information content (AvgIpc) is 2.91. The maximum atomic E-state index is 13.2. The summed E-state index contributed by atoms with van der Waals surface area (Å²) in [6, 6.07) is 16.4. The fourth-order valence-electron chi connectivity index (χ4n) is 3.60. The summed E-state index contributed by atoms with van der Waals surface area (Å²) < 4.78 is 21.1. The van der Waals surface area contributed by atoms with Crippen molar-refractivity contribution in [3.8, 4) is 23.0 Å². The van der Waals surface area contributed by atoms with E-state index in [9.17, 15) is 19.2 Å². The van der Waals surface area contributed by atoms with Crippen LogP contribution >= 0.6 is 0 Å². The molecule has 0 saturated carbocycles. The van der Waals surface area contributed by atoms with Crippen molar-refractivity contribution in [2.45, 2.75) is 0 Å². The summed E-state index contributed by atoms with van der Waals surface area (Å²) in [5.41, 5.74) is 0.605. The minimum Gasteiger partial charge on any atom is -0.497 e. The van der Waals surface area contributed by atoms with Crippen molar-refractivity contribution in [1.29, 1.82) is 0 Å². The van der Waals surface area contributed by atoms with E-state index in [4.69, 9.17) is 18.9 Å². The molecule has 0 unspecified atom stereocenters. The molecule has 188 valence electrons. The third-order valence-electron chi connectivity index (χ3n) is 5.45. The number of rotatable bonds is 7. The van der Waals surface area contributed by atoms with Crippen molar-refractivity contribution < 1.29 is 38.1 Å². The van der Waals surface area contributed by atoms with Crippen molar-refractivity contribution in [2.75, 3.05) is 26.2 Å². The van der Waals surface area contributed by atoms with E-state index in [-0.39, 0.29) is 28.5 Å². The summed E-state index contributed by atoms with van der Waals surface area (Å²) in [4.78, 5) is 51.6. The summed E-state index contributed by atoms with van der Waals surface area (Å²) in [5, 5.41) is 2.17. The van der Waals surface area contributed by atoms with E-state index in [0.717, 1.165) is 4.90 Å². The van der Waals surface area contributed by atoms with Gasteiger partial charge in [0, 0.05) is 0 Å². The maximum Gasteiger partial charge on any atom is 0.343 e. The average molecular weight is 502 g/mol. The van der Waals surface area contributed by atoms with Crippen LogP contribution in [-0.2, 0) is 9.59 Å². The number of esters is 1. The number of imide groups is 2. The minimum atomic E-state index is -0.893. The lowest BCUT2D eigenvalue weighted by molar-refractivity contribution is -0.122. The highest BCUT2D eigenvalue weighted by atomic mass is 16.6. The number of carbonyl (C=O) groups is 4. The third kappa shape index (κ3) is 5.13. The van der Waals surface area contributed by atoms with Crippen molar-refractivity contribution >= 4 is 35.6 Å². The Balaban J connectivity index is 1.62. The molecule has 0 spiro atoms. The van der Waals surface area contributed by atoms with E-state index >= 15 is 0 Å². The smallest absolute Gasteiger partial charge is 0.343 e. The second-order valence-electron chi connectivity index (χ2n) is 7.66. The van der Waals surface area contributed by atoms with Gasteiger partial charge in [-0.3, -0.25) is 14.9 Å². The van der Waals surface area contributed by atoms with Crippen LogP contribution < -0.4 is 29.2 Å².